The van der Waals surface area contributed by atoms with Gasteiger partial charge in [-0.2, -0.15) is 5.26 Å². The quantitative estimate of drug-likeness (QED) is 0.151. The molecule has 0 aliphatic carbocycles. The Kier molecular flexibility index (Phi) is 9.46. The van der Waals surface area contributed by atoms with Crippen LogP contribution in [0.5, 0.6) is 0 Å². The number of hydrogen-bond acceptors (Lipinski definition) is 1. The van der Waals surface area contributed by atoms with E-state index in [1.807, 2.05) is 5.80 Å². The summed E-state index contributed by atoms with van der Waals surface area (Å²) in [7, 11) is -0.980. The molecule has 256 valence electrons. The molecule has 3 heteroatoms. The first kappa shape index (κ1) is 34.6. The fraction of sp³-hybridized carbons (Fsp3) is 0.0800. The van der Waals surface area contributed by atoms with E-state index in [-0.39, 0.29) is 0 Å². The molecule has 0 radical (unpaired) electrons. The molecule has 0 saturated heterocycles. The average molecular weight is 718 g/mol. The molecule has 53 heavy (non-hydrogen) atoms. The smallest absolute Gasteiger partial charge is 0.0923 e. The molecule has 0 amide bonds. The van der Waals surface area contributed by atoms with Gasteiger partial charge < -0.3 is 0 Å². The van der Waals surface area contributed by atoms with Gasteiger partial charge in [0.05, 0.1) is 6.07 Å². The van der Waals surface area contributed by atoms with Gasteiger partial charge in [-0.3, -0.25) is 0 Å². The van der Waals surface area contributed by atoms with Crippen molar-refractivity contribution >= 4 is 74.0 Å². The predicted octanol–water partition coefficient (Wildman–Crippen LogP) is 10.3. The van der Waals surface area contributed by atoms with Crippen molar-refractivity contribution < 1.29 is 0 Å². The highest BCUT2D eigenvalue weighted by Gasteiger charge is 2.32. The normalized spacial score (nSPS) is 11.5. The zero-order chi connectivity index (χ0) is 36.5. The fourth-order valence-electron chi connectivity index (χ4n) is 7.63. The van der Waals surface area contributed by atoms with E-state index in [9.17, 15) is 5.26 Å². The maximum absolute atomic E-state index is 10.9. The van der Waals surface area contributed by atoms with Crippen molar-refractivity contribution in [1.29, 1.82) is 5.26 Å². The van der Waals surface area contributed by atoms with Crippen molar-refractivity contribution in [3.63, 3.8) is 0 Å². The van der Waals surface area contributed by atoms with Crippen LogP contribution in [0.4, 0.5) is 0 Å². The lowest BCUT2D eigenvalue weighted by Gasteiger charge is -2.32. The van der Waals surface area contributed by atoms with E-state index in [0.717, 1.165) is 0 Å². The maximum Gasteiger partial charge on any atom is 0.0923 e. The van der Waals surface area contributed by atoms with Gasteiger partial charge in [0.15, 0.2) is 0 Å². The molecule has 0 saturated carbocycles. The predicted molar refractivity (Wildman–Crippen MR) is 235 cm³/mol. The Morgan fingerprint density at radius 1 is 0.453 bits per heavy atom. The van der Waals surface area contributed by atoms with Crippen LogP contribution in [0, 0.1) is 39.0 Å². The number of fused-ring (bicyclic) bond motifs is 2. The highest BCUT2D eigenvalue weighted by molar-refractivity contribution is 7.95. The topological polar surface area (TPSA) is 23.8 Å². The summed E-state index contributed by atoms with van der Waals surface area (Å²) in [4.78, 5) is 0. The molecule has 1 nitrogen and oxygen atoms in total. The number of rotatable bonds is 7. The molecule has 8 rings (SSSR count). The second-order valence-electron chi connectivity index (χ2n) is 14.0. The Hall–Kier alpha value is -5.50. The SMILES string of the molecule is Cc1ccc(P(c2ccc(C)cc2)c2ccc3ccccc3c2-c2c(P(=CC#N)(c3ccc(C)cc3)c3ccc(C)cc3)ccc3ccccc23)cc1. The van der Waals surface area contributed by atoms with Crippen molar-refractivity contribution in [2.75, 3.05) is 0 Å². The lowest BCUT2D eigenvalue weighted by Crippen LogP contribution is -2.30. The zero-order valence-corrected chi connectivity index (χ0v) is 32.4. The fourth-order valence-corrected chi connectivity index (χ4v) is 13.7. The van der Waals surface area contributed by atoms with Crippen LogP contribution in [0.3, 0.4) is 0 Å². The molecule has 0 fully saturated rings. The third-order valence-corrected chi connectivity index (χ3v) is 16.7. The van der Waals surface area contributed by atoms with Crippen molar-refractivity contribution in [3.8, 4) is 17.2 Å². The number of benzene rings is 8. The minimum Gasteiger partial charge on any atom is -0.193 e. The summed E-state index contributed by atoms with van der Waals surface area (Å²) in [5.74, 6) is 1.98. The maximum atomic E-state index is 10.9. The van der Waals surface area contributed by atoms with Gasteiger partial charge in [-0.25, -0.2) is 0 Å². The minimum atomic E-state index is -2.66. The molecular formula is C50H41NP2. The highest BCUT2D eigenvalue weighted by atomic mass is 31.2. The van der Waals surface area contributed by atoms with Crippen LogP contribution in [0.1, 0.15) is 22.3 Å². The molecule has 0 heterocycles. The van der Waals surface area contributed by atoms with E-state index >= 15 is 0 Å². The van der Waals surface area contributed by atoms with Gasteiger partial charge in [0.1, 0.15) is 0 Å². The molecule has 0 unspecified atom stereocenters. The monoisotopic (exact) mass is 717 g/mol. The molecule has 0 bridgehead atoms. The number of aryl methyl sites for hydroxylation is 4. The first-order valence-corrected chi connectivity index (χ1v) is 21.3. The van der Waals surface area contributed by atoms with Crippen molar-refractivity contribution in [2.45, 2.75) is 27.7 Å². The Labute approximate surface area is 315 Å². The summed E-state index contributed by atoms with van der Waals surface area (Å²) in [6, 6.07) is 65.6. The lowest BCUT2D eigenvalue weighted by atomic mass is 9.93. The zero-order valence-electron chi connectivity index (χ0n) is 30.6. The summed E-state index contributed by atoms with van der Waals surface area (Å²) in [5, 5.41) is 23.1. The van der Waals surface area contributed by atoms with Crippen LogP contribution >= 0.6 is 14.8 Å². The first-order chi connectivity index (χ1) is 25.9. The van der Waals surface area contributed by atoms with Crippen LogP contribution in [-0.4, -0.2) is 5.80 Å². The average Bonchev–Trinajstić information content (AvgIpc) is 3.19. The van der Waals surface area contributed by atoms with Gasteiger partial charge >= 0.3 is 0 Å². The number of hydrogen-bond donors (Lipinski definition) is 0. The van der Waals surface area contributed by atoms with Crippen molar-refractivity contribution in [2.24, 2.45) is 0 Å². The molecule has 8 aromatic carbocycles. The lowest BCUT2D eigenvalue weighted by molar-refractivity contribution is 1.48. The standard InChI is InChI=1S/C50H41NP2/c1-35-13-23-41(24-14-35)52(42-25-15-36(2)16-26-42)47-31-21-39-9-5-7-11-45(39)49(47)50-46-12-8-6-10-40(46)22-32-48(50)53(34-33-51,43-27-17-37(3)18-28-43)44-29-19-38(4)20-30-44/h5-32,34H,1-4H3. The van der Waals surface area contributed by atoms with E-state index in [1.54, 1.807) is 0 Å². The Morgan fingerprint density at radius 3 is 1.34 bits per heavy atom. The van der Waals surface area contributed by atoms with Gasteiger partial charge in [0, 0.05) is 5.80 Å². The van der Waals surface area contributed by atoms with E-state index in [0.29, 0.717) is 0 Å². The molecule has 0 aliphatic rings. The van der Waals surface area contributed by atoms with Crippen molar-refractivity contribution in [1.82, 2.24) is 0 Å². The van der Waals surface area contributed by atoms with Gasteiger partial charge in [-0.15, -0.1) is 0 Å². The van der Waals surface area contributed by atoms with Crippen LogP contribution in [-0.2, 0) is 0 Å². The minimum absolute atomic E-state index is 0.980. The van der Waals surface area contributed by atoms with E-state index < -0.39 is 14.8 Å². The largest absolute Gasteiger partial charge is 0.193 e. The van der Waals surface area contributed by atoms with E-state index in [2.05, 4.69) is 204 Å². The summed E-state index contributed by atoms with van der Waals surface area (Å²) in [6.07, 6.45) is 0. The Morgan fingerprint density at radius 2 is 0.868 bits per heavy atom. The molecule has 0 spiro atoms. The van der Waals surface area contributed by atoms with Crippen LogP contribution in [0.15, 0.2) is 170 Å². The van der Waals surface area contributed by atoms with E-state index in [1.165, 1.54) is 86.8 Å². The van der Waals surface area contributed by atoms with Crippen molar-refractivity contribution in [3.05, 3.63) is 192 Å². The van der Waals surface area contributed by atoms with Gasteiger partial charge in [-0.1, -0.05) is 192 Å². The summed E-state index contributed by atoms with van der Waals surface area (Å²) >= 11 is 0. The van der Waals surface area contributed by atoms with Crippen LogP contribution in [0.2, 0.25) is 0 Å². The summed E-state index contributed by atoms with van der Waals surface area (Å²) in [6.45, 7) is 5.92. The molecule has 0 N–H and O–H groups in total. The third-order valence-electron chi connectivity index (χ3n) is 10.4. The Bertz CT molecular complexity index is 2600. The second-order valence-corrected chi connectivity index (χ2v) is 19.4. The molecule has 0 aliphatic heterocycles. The number of nitriles is 1. The van der Waals surface area contributed by atoms with Gasteiger partial charge in [0.25, 0.3) is 0 Å². The summed E-state index contributed by atoms with van der Waals surface area (Å²) < 4.78 is 0. The van der Waals surface area contributed by atoms with Gasteiger partial charge in [-0.05, 0) is 107 Å². The van der Waals surface area contributed by atoms with Crippen LogP contribution in [0.25, 0.3) is 32.7 Å². The summed E-state index contributed by atoms with van der Waals surface area (Å²) in [5.41, 5.74) is 7.36. The molecular weight excluding hydrogens is 677 g/mol. The number of nitrogens with zero attached hydrogens (tertiary/aromatic N) is 1. The molecule has 8 aromatic rings. The van der Waals surface area contributed by atoms with Crippen LogP contribution < -0.4 is 31.8 Å². The second kappa shape index (κ2) is 14.5. The highest BCUT2D eigenvalue weighted by Crippen LogP contribution is 2.50. The molecule has 0 atom stereocenters. The Balaban J connectivity index is 1.59. The first-order valence-electron chi connectivity index (χ1n) is 18.1. The molecule has 0 aromatic heterocycles. The van der Waals surface area contributed by atoms with E-state index in [4.69, 9.17) is 0 Å². The van der Waals surface area contributed by atoms with Gasteiger partial charge in [0.2, 0.25) is 0 Å². The third kappa shape index (κ3) is 6.34.